The van der Waals surface area contributed by atoms with Crippen LogP contribution in [0.15, 0.2) is 71.6 Å². The molecule has 0 atom stereocenters. The molecular weight excluding hydrogens is 482 g/mol. The molecule has 7 heteroatoms. The van der Waals surface area contributed by atoms with E-state index >= 15 is 0 Å². The Bertz CT molecular complexity index is 1330. The van der Waals surface area contributed by atoms with Crippen LogP contribution in [0.4, 0.5) is 0 Å². The van der Waals surface area contributed by atoms with Gasteiger partial charge in [0.1, 0.15) is 0 Å². The number of fused-ring (bicyclic) bond motifs is 1. The molecule has 1 amide bonds. The SMILES string of the molecule is Cc1ccc(CN(CCNC(=O)c2ccc3c(c2)CCN(S(=O)(=O)c2ccc(C)cc2)C3)C(C)C)cc1. The van der Waals surface area contributed by atoms with Crippen molar-refractivity contribution >= 4 is 15.9 Å². The van der Waals surface area contributed by atoms with Crippen LogP contribution in [0.1, 0.15) is 52.0 Å². The number of amides is 1. The third kappa shape index (κ3) is 6.66. The van der Waals surface area contributed by atoms with Crippen molar-refractivity contribution in [3.05, 3.63) is 100 Å². The van der Waals surface area contributed by atoms with Crippen LogP contribution in [0.25, 0.3) is 0 Å². The molecule has 0 unspecified atom stereocenters. The molecule has 0 spiro atoms. The molecule has 196 valence electrons. The van der Waals surface area contributed by atoms with Gasteiger partial charge in [0.15, 0.2) is 0 Å². The first kappa shape index (κ1) is 27.0. The molecule has 3 aromatic carbocycles. The lowest BCUT2D eigenvalue weighted by Gasteiger charge is -2.28. The van der Waals surface area contributed by atoms with Gasteiger partial charge in [0.25, 0.3) is 5.91 Å². The van der Waals surface area contributed by atoms with Crippen LogP contribution in [0.5, 0.6) is 0 Å². The summed E-state index contributed by atoms with van der Waals surface area (Å²) < 4.78 is 27.7. The van der Waals surface area contributed by atoms with E-state index < -0.39 is 10.0 Å². The third-order valence-electron chi connectivity index (χ3n) is 7.03. The highest BCUT2D eigenvalue weighted by atomic mass is 32.2. The molecule has 0 aromatic heterocycles. The van der Waals surface area contributed by atoms with Crippen molar-refractivity contribution in [1.29, 1.82) is 0 Å². The average molecular weight is 520 g/mol. The van der Waals surface area contributed by atoms with E-state index in [0.29, 0.717) is 42.6 Å². The van der Waals surface area contributed by atoms with Crippen LogP contribution < -0.4 is 5.32 Å². The Morgan fingerprint density at radius 3 is 2.24 bits per heavy atom. The van der Waals surface area contributed by atoms with Gasteiger partial charge in [-0.3, -0.25) is 9.69 Å². The fourth-order valence-electron chi connectivity index (χ4n) is 4.60. The van der Waals surface area contributed by atoms with Gasteiger partial charge in [0.2, 0.25) is 10.0 Å². The fourth-order valence-corrected chi connectivity index (χ4v) is 6.01. The summed E-state index contributed by atoms with van der Waals surface area (Å²) in [6, 6.07) is 21.5. The van der Waals surface area contributed by atoms with Crippen LogP contribution in [-0.4, -0.2) is 49.2 Å². The molecule has 0 bridgehead atoms. The molecule has 37 heavy (non-hydrogen) atoms. The van der Waals surface area contributed by atoms with Crippen molar-refractivity contribution in [2.45, 2.75) is 58.1 Å². The molecule has 0 fully saturated rings. The van der Waals surface area contributed by atoms with E-state index in [4.69, 9.17) is 0 Å². The normalized spacial score (nSPS) is 14.1. The smallest absolute Gasteiger partial charge is 0.251 e. The molecule has 0 radical (unpaired) electrons. The topological polar surface area (TPSA) is 69.7 Å². The Hall–Kier alpha value is -3.00. The molecular formula is C30H37N3O3S. The van der Waals surface area contributed by atoms with Gasteiger partial charge in [-0.25, -0.2) is 8.42 Å². The van der Waals surface area contributed by atoms with Crippen LogP contribution in [0.2, 0.25) is 0 Å². The van der Waals surface area contributed by atoms with E-state index in [0.717, 1.165) is 29.8 Å². The summed E-state index contributed by atoms with van der Waals surface area (Å²) in [5.74, 6) is -0.100. The fraction of sp³-hybridized carbons (Fsp3) is 0.367. The maximum absolute atomic E-state index is 13.1. The van der Waals surface area contributed by atoms with Crippen LogP contribution in [0.3, 0.4) is 0 Å². The van der Waals surface area contributed by atoms with Crippen LogP contribution in [-0.2, 0) is 29.5 Å². The quantitative estimate of drug-likeness (QED) is 0.445. The van der Waals surface area contributed by atoms with Crippen LogP contribution in [0, 0.1) is 13.8 Å². The number of carbonyl (C=O) groups is 1. The van der Waals surface area contributed by atoms with Crippen molar-refractivity contribution < 1.29 is 13.2 Å². The Morgan fingerprint density at radius 2 is 1.59 bits per heavy atom. The number of aryl methyl sites for hydroxylation is 2. The Kier molecular flexibility index (Phi) is 8.47. The molecule has 0 saturated heterocycles. The molecule has 6 nitrogen and oxygen atoms in total. The summed E-state index contributed by atoms with van der Waals surface area (Å²) in [4.78, 5) is 15.5. The predicted octanol–water partition coefficient (Wildman–Crippen LogP) is 4.69. The Balaban J connectivity index is 1.35. The van der Waals surface area contributed by atoms with Gasteiger partial charge >= 0.3 is 0 Å². The summed E-state index contributed by atoms with van der Waals surface area (Å²) in [6.07, 6.45) is 0.583. The van der Waals surface area contributed by atoms with Crippen LogP contribution >= 0.6 is 0 Å². The number of carbonyl (C=O) groups excluding carboxylic acids is 1. The van der Waals surface area contributed by atoms with Crippen molar-refractivity contribution in [3.8, 4) is 0 Å². The zero-order valence-electron chi connectivity index (χ0n) is 22.2. The second-order valence-electron chi connectivity index (χ2n) is 10.2. The maximum Gasteiger partial charge on any atom is 0.251 e. The van der Waals surface area contributed by atoms with Gasteiger partial charge in [-0.1, -0.05) is 53.6 Å². The Morgan fingerprint density at radius 1 is 0.946 bits per heavy atom. The number of sulfonamides is 1. The number of nitrogens with one attached hydrogen (secondary N) is 1. The summed E-state index contributed by atoms with van der Waals surface area (Å²) >= 11 is 0. The van der Waals surface area contributed by atoms with E-state index in [9.17, 15) is 13.2 Å². The lowest BCUT2D eigenvalue weighted by Crippen LogP contribution is -2.38. The molecule has 1 aliphatic rings. The first-order chi connectivity index (χ1) is 17.6. The van der Waals surface area contributed by atoms with E-state index in [1.54, 1.807) is 18.2 Å². The second kappa shape index (κ2) is 11.6. The molecule has 3 aromatic rings. The lowest BCUT2D eigenvalue weighted by molar-refractivity contribution is 0.0944. The van der Waals surface area contributed by atoms with Crippen molar-refractivity contribution in [2.24, 2.45) is 0 Å². The maximum atomic E-state index is 13.1. The van der Waals surface area contributed by atoms with E-state index in [2.05, 4.69) is 55.3 Å². The molecule has 0 saturated carbocycles. The Labute approximate surface area is 221 Å². The zero-order chi connectivity index (χ0) is 26.6. The number of hydrogen-bond acceptors (Lipinski definition) is 4. The average Bonchev–Trinajstić information content (AvgIpc) is 2.88. The second-order valence-corrected chi connectivity index (χ2v) is 12.1. The standard InChI is InChI=1S/C30H37N3O3S/c1-22(2)32(20-25-9-5-23(3)6-10-25)18-16-31-30(34)27-11-12-28-21-33(17-15-26(28)19-27)37(35,36)29-13-7-24(4)8-14-29/h5-14,19,22H,15-18,20-21H2,1-4H3,(H,31,34). The van der Waals surface area contributed by atoms with Gasteiger partial charge in [0, 0.05) is 44.3 Å². The largest absolute Gasteiger partial charge is 0.351 e. The van der Waals surface area contributed by atoms with Gasteiger partial charge in [0.05, 0.1) is 4.90 Å². The van der Waals surface area contributed by atoms with E-state index in [1.807, 2.05) is 31.2 Å². The summed E-state index contributed by atoms with van der Waals surface area (Å²) in [6.45, 7) is 11.2. The lowest BCUT2D eigenvalue weighted by atomic mass is 9.98. The van der Waals surface area contributed by atoms with Crippen molar-refractivity contribution in [3.63, 3.8) is 0 Å². The summed E-state index contributed by atoms with van der Waals surface area (Å²) in [5, 5.41) is 3.06. The number of rotatable bonds is 9. The molecule has 1 N–H and O–H groups in total. The number of benzene rings is 3. The molecule has 1 aliphatic heterocycles. The highest BCUT2D eigenvalue weighted by Crippen LogP contribution is 2.26. The third-order valence-corrected chi connectivity index (χ3v) is 8.88. The summed E-state index contributed by atoms with van der Waals surface area (Å²) in [5.41, 5.74) is 6.13. The highest BCUT2D eigenvalue weighted by Gasteiger charge is 2.28. The van der Waals surface area contributed by atoms with Crippen molar-refractivity contribution in [2.75, 3.05) is 19.6 Å². The molecule has 1 heterocycles. The zero-order valence-corrected chi connectivity index (χ0v) is 23.0. The first-order valence-corrected chi connectivity index (χ1v) is 14.3. The molecule has 0 aliphatic carbocycles. The van der Waals surface area contributed by atoms with Crippen molar-refractivity contribution in [1.82, 2.24) is 14.5 Å². The number of nitrogens with zero attached hydrogens (tertiary/aromatic N) is 2. The van der Waals surface area contributed by atoms with Gasteiger partial charge in [-0.2, -0.15) is 4.31 Å². The van der Waals surface area contributed by atoms with Gasteiger partial charge < -0.3 is 5.32 Å². The highest BCUT2D eigenvalue weighted by molar-refractivity contribution is 7.89. The minimum Gasteiger partial charge on any atom is -0.351 e. The van der Waals surface area contributed by atoms with E-state index in [1.165, 1.54) is 15.4 Å². The summed E-state index contributed by atoms with van der Waals surface area (Å²) in [7, 11) is -3.55. The van der Waals surface area contributed by atoms with E-state index in [-0.39, 0.29) is 5.91 Å². The minimum absolute atomic E-state index is 0.100. The number of hydrogen-bond donors (Lipinski definition) is 1. The monoisotopic (exact) mass is 519 g/mol. The minimum atomic E-state index is -3.55. The molecule has 4 rings (SSSR count). The van der Waals surface area contributed by atoms with Gasteiger partial charge in [-0.05, 0) is 75.1 Å². The first-order valence-electron chi connectivity index (χ1n) is 12.9. The van der Waals surface area contributed by atoms with Gasteiger partial charge in [-0.15, -0.1) is 0 Å². The predicted molar refractivity (Wildman–Crippen MR) is 148 cm³/mol.